The summed E-state index contributed by atoms with van der Waals surface area (Å²) in [5.74, 6) is -0.740. The fraction of sp³-hybridized carbons (Fsp3) is 0.375. The average Bonchev–Trinajstić information content (AvgIpc) is 3.42. The zero-order chi connectivity index (χ0) is 17.1. The third-order valence-corrected chi connectivity index (χ3v) is 4.63. The van der Waals surface area contributed by atoms with E-state index in [9.17, 15) is 14.4 Å². The SMILES string of the molecule is COC(=O)CNC(=O)CSc1nc2ccccc2c(=O)n1C1CC1. The van der Waals surface area contributed by atoms with Crippen LogP contribution in [-0.4, -0.2) is 40.8 Å². The summed E-state index contributed by atoms with van der Waals surface area (Å²) in [5, 5.41) is 3.59. The van der Waals surface area contributed by atoms with E-state index in [2.05, 4.69) is 15.0 Å². The molecule has 7 nitrogen and oxygen atoms in total. The van der Waals surface area contributed by atoms with Crippen molar-refractivity contribution in [3.05, 3.63) is 34.6 Å². The Labute approximate surface area is 142 Å². The molecule has 8 heteroatoms. The molecule has 1 aliphatic rings. The molecule has 3 rings (SSSR count). The number of aromatic nitrogens is 2. The highest BCUT2D eigenvalue weighted by Gasteiger charge is 2.28. The average molecular weight is 347 g/mol. The highest BCUT2D eigenvalue weighted by molar-refractivity contribution is 7.99. The number of para-hydroxylation sites is 1. The van der Waals surface area contributed by atoms with Gasteiger partial charge in [0.1, 0.15) is 6.54 Å². The summed E-state index contributed by atoms with van der Waals surface area (Å²) in [4.78, 5) is 40.1. The summed E-state index contributed by atoms with van der Waals surface area (Å²) in [5.41, 5.74) is 0.553. The number of esters is 1. The second-order valence-electron chi connectivity index (χ2n) is 5.46. The van der Waals surface area contributed by atoms with Gasteiger partial charge in [-0.15, -0.1) is 0 Å². The van der Waals surface area contributed by atoms with Crippen LogP contribution in [0.2, 0.25) is 0 Å². The lowest BCUT2D eigenvalue weighted by Crippen LogP contribution is -2.31. The lowest BCUT2D eigenvalue weighted by molar-refractivity contribution is -0.140. The molecule has 1 fully saturated rings. The molecule has 1 aromatic heterocycles. The minimum atomic E-state index is -0.507. The predicted octanol–water partition coefficient (Wildman–Crippen LogP) is 1.11. The fourth-order valence-electron chi connectivity index (χ4n) is 2.31. The highest BCUT2D eigenvalue weighted by atomic mass is 32.2. The maximum atomic E-state index is 12.7. The standard InChI is InChI=1S/C16H17N3O4S/c1-23-14(21)8-17-13(20)9-24-16-18-12-5-3-2-4-11(12)15(22)19(16)10-6-7-10/h2-5,10H,6-9H2,1H3,(H,17,20). The smallest absolute Gasteiger partial charge is 0.325 e. The van der Waals surface area contributed by atoms with Gasteiger partial charge in [-0.25, -0.2) is 4.98 Å². The van der Waals surface area contributed by atoms with E-state index in [0.717, 1.165) is 12.8 Å². The molecule has 1 N–H and O–H groups in total. The second-order valence-corrected chi connectivity index (χ2v) is 6.40. The van der Waals surface area contributed by atoms with E-state index < -0.39 is 5.97 Å². The maximum Gasteiger partial charge on any atom is 0.325 e. The summed E-state index contributed by atoms with van der Waals surface area (Å²) in [6.45, 7) is -0.170. The number of hydrogen-bond acceptors (Lipinski definition) is 6. The molecule has 1 heterocycles. The van der Waals surface area contributed by atoms with Crippen LogP contribution in [0.15, 0.2) is 34.2 Å². The molecule has 0 aliphatic heterocycles. The fourth-order valence-corrected chi connectivity index (χ4v) is 3.20. The molecule has 1 aromatic carbocycles. The molecule has 0 atom stereocenters. The number of methoxy groups -OCH3 is 1. The summed E-state index contributed by atoms with van der Waals surface area (Å²) in [7, 11) is 1.26. The van der Waals surface area contributed by atoms with Crippen LogP contribution in [-0.2, 0) is 14.3 Å². The maximum absolute atomic E-state index is 12.7. The van der Waals surface area contributed by atoms with Gasteiger partial charge < -0.3 is 10.1 Å². The van der Waals surface area contributed by atoms with Crippen LogP contribution in [0.3, 0.4) is 0 Å². The Bertz CT molecular complexity index is 845. The zero-order valence-corrected chi connectivity index (χ0v) is 14.0. The van der Waals surface area contributed by atoms with Crippen molar-refractivity contribution in [2.24, 2.45) is 0 Å². The summed E-state index contributed by atoms with van der Waals surface area (Å²) in [6, 6.07) is 7.36. The van der Waals surface area contributed by atoms with E-state index >= 15 is 0 Å². The van der Waals surface area contributed by atoms with Crippen LogP contribution in [0.4, 0.5) is 0 Å². The molecule has 0 saturated heterocycles. The van der Waals surface area contributed by atoms with Gasteiger partial charge in [0.2, 0.25) is 5.91 Å². The van der Waals surface area contributed by atoms with Gasteiger partial charge in [0.15, 0.2) is 5.16 Å². The normalized spacial score (nSPS) is 13.7. The number of nitrogens with zero attached hydrogens (tertiary/aromatic N) is 2. The van der Waals surface area contributed by atoms with Gasteiger partial charge in [-0.05, 0) is 25.0 Å². The Balaban J connectivity index is 1.79. The number of fused-ring (bicyclic) bond motifs is 1. The minimum Gasteiger partial charge on any atom is -0.468 e. The van der Waals surface area contributed by atoms with Crippen LogP contribution < -0.4 is 10.9 Å². The first kappa shape index (κ1) is 16.5. The summed E-state index contributed by atoms with van der Waals surface area (Å²) < 4.78 is 6.15. The van der Waals surface area contributed by atoms with Crippen molar-refractivity contribution >= 4 is 34.5 Å². The lowest BCUT2D eigenvalue weighted by Gasteiger charge is -2.12. The van der Waals surface area contributed by atoms with Crippen molar-refractivity contribution in [2.75, 3.05) is 19.4 Å². The highest BCUT2D eigenvalue weighted by Crippen LogP contribution is 2.36. The number of amides is 1. The number of benzene rings is 1. The van der Waals surface area contributed by atoms with E-state index in [0.29, 0.717) is 16.1 Å². The van der Waals surface area contributed by atoms with Gasteiger partial charge in [0.05, 0.1) is 23.8 Å². The van der Waals surface area contributed by atoms with E-state index in [1.165, 1.54) is 18.9 Å². The third kappa shape index (κ3) is 3.59. The van der Waals surface area contributed by atoms with Crippen LogP contribution in [0, 0.1) is 0 Å². The quantitative estimate of drug-likeness (QED) is 0.478. The molecular weight excluding hydrogens is 330 g/mol. The first-order valence-corrected chi connectivity index (χ1v) is 8.56. The van der Waals surface area contributed by atoms with Gasteiger partial charge in [-0.1, -0.05) is 23.9 Å². The van der Waals surface area contributed by atoms with Crippen LogP contribution in [0.25, 0.3) is 10.9 Å². The molecule has 1 aliphatic carbocycles. The van der Waals surface area contributed by atoms with E-state index in [1.807, 2.05) is 12.1 Å². The summed E-state index contributed by atoms with van der Waals surface area (Å²) >= 11 is 1.20. The number of rotatable bonds is 6. The van der Waals surface area contributed by atoms with Crippen LogP contribution in [0.1, 0.15) is 18.9 Å². The monoisotopic (exact) mass is 347 g/mol. The number of nitrogens with one attached hydrogen (secondary N) is 1. The Hall–Kier alpha value is -2.35. The van der Waals surface area contributed by atoms with Crippen LogP contribution >= 0.6 is 11.8 Å². The number of hydrogen-bond donors (Lipinski definition) is 1. The predicted molar refractivity (Wildman–Crippen MR) is 90.0 cm³/mol. The molecule has 1 saturated carbocycles. The molecule has 24 heavy (non-hydrogen) atoms. The first-order chi connectivity index (χ1) is 11.6. The van der Waals surface area contributed by atoms with Crippen molar-refractivity contribution in [1.29, 1.82) is 0 Å². The molecule has 0 radical (unpaired) electrons. The molecule has 126 valence electrons. The van der Waals surface area contributed by atoms with Gasteiger partial charge in [-0.3, -0.25) is 19.0 Å². The Morgan fingerprint density at radius 3 is 2.83 bits per heavy atom. The number of carbonyl (C=O) groups is 2. The lowest BCUT2D eigenvalue weighted by atomic mass is 10.2. The minimum absolute atomic E-state index is 0.0689. The van der Waals surface area contributed by atoms with Crippen molar-refractivity contribution in [3.8, 4) is 0 Å². The van der Waals surface area contributed by atoms with Gasteiger partial charge in [0, 0.05) is 6.04 Å². The van der Waals surface area contributed by atoms with Crippen molar-refractivity contribution in [2.45, 2.75) is 24.0 Å². The largest absolute Gasteiger partial charge is 0.468 e. The zero-order valence-electron chi connectivity index (χ0n) is 13.2. The second kappa shape index (κ2) is 7.04. The number of thioether (sulfide) groups is 1. The first-order valence-electron chi connectivity index (χ1n) is 7.57. The summed E-state index contributed by atoms with van der Waals surface area (Å²) in [6.07, 6.45) is 1.89. The number of carbonyl (C=O) groups excluding carboxylic acids is 2. The van der Waals surface area contributed by atoms with E-state index in [1.54, 1.807) is 16.7 Å². The van der Waals surface area contributed by atoms with Gasteiger partial charge in [-0.2, -0.15) is 0 Å². The van der Waals surface area contributed by atoms with E-state index in [4.69, 9.17) is 0 Å². The molecule has 0 unspecified atom stereocenters. The molecule has 2 aromatic rings. The number of ether oxygens (including phenoxy) is 1. The van der Waals surface area contributed by atoms with Gasteiger partial charge in [0.25, 0.3) is 5.56 Å². The topological polar surface area (TPSA) is 90.3 Å². The van der Waals surface area contributed by atoms with Crippen LogP contribution in [0.5, 0.6) is 0 Å². The van der Waals surface area contributed by atoms with Crippen molar-refractivity contribution < 1.29 is 14.3 Å². The van der Waals surface area contributed by atoms with E-state index in [-0.39, 0.29) is 29.8 Å². The van der Waals surface area contributed by atoms with Crippen molar-refractivity contribution in [3.63, 3.8) is 0 Å². The molecular formula is C16H17N3O4S. The molecule has 0 spiro atoms. The third-order valence-electron chi connectivity index (χ3n) is 3.68. The van der Waals surface area contributed by atoms with Crippen molar-refractivity contribution in [1.82, 2.24) is 14.9 Å². The molecule has 1 amide bonds. The Morgan fingerprint density at radius 1 is 1.38 bits per heavy atom. The van der Waals surface area contributed by atoms with Gasteiger partial charge >= 0.3 is 5.97 Å². The Morgan fingerprint density at radius 2 is 2.12 bits per heavy atom. The molecule has 0 bridgehead atoms. The Kier molecular flexibility index (Phi) is 4.84.